The highest BCUT2D eigenvalue weighted by atomic mass is 16.1. The van der Waals surface area contributed by atoms with Gasteiger partial charge in [0, 0.05) is 18.8 Å². The summed E-state index contributed by atoms with van der Waals surface area (Å²) in [6.45, 7) is 2.30. The summed E-state index contributed by atoms with van der Waals surface area (Å²) in [5.74, 6) is 1.23. The molecule has 17 heavy (non-hydrogen) atoms. The van der Waals surface area contributed by atoms with Gasteiger partial charge in [-0.25, -0.2) is 4.98 Å². The van der Waals surface area contributed by atoms with Crippen molar-refractivity contribution in [2.24, 2.45) is 0 Å². The van der Waals surface area contributed by atoms with Crippen molar-refractivity contribution in [3.05, 3.63) is 46.4 Å². The minimum atomic E-state index is -0.265. The van der Waals surface area contributed by atoms with Gasteiger partial charge < -0.3 is 0 Å². The van der Waals surface area contributed by atoms with Crippen molar-refractivity contribution < 1.29 is 0 Å². The average molecular weight is 230 g/mol. The molecule has 0 aliphatic carbocycles. The number of aryl methyl sites for hydroxylation is 1. The second-order valence-electron chi connectivity index (χ2n) is 3.78. The molecular weight excluding hydrogens is 220 g/mol. The van der Waals surface area contributed by atoms with Gasteiger partial charge in [0.15, 0.2) is 5.82 Å². The van der Waals surface area contributed by atoms with Gasteiger partial charge in [0.1, 0.15) is 11.9 Å². The van der Waals surface area contributed by atoms with E-state index < -0.39 is 0 Å². The van der Waals surface area contributed by atoms with Gasteiger partial charge in [-0.15, -0.1) is 15.0 Å². The molecule has 7 nitrogen and oxygen atoms in total. The Kier molecular flexibility index (Phi) is 2.10. The number of aromatic nitrogens is 6. The molecule has 1 aliphatic rings. The van der Waals surface area contributed by atoms with Crippen molar-refractivity contribution in [1.29, 1.82) is 0 Å². The molecule has 1 aliphatic heterocycles. The molecule has 86 valence electrons. The fraction of sp³-hybridized carbons (Fsp3) is 0.300. The summed E-state index contributed by atoms with van der Waals surface area (Å²) in [5.41, 5.74) is -0.0683. The molecule has 0 radical (unpaired) electrons. The third-order valence-electron chi connectivity index (χ3n) is 2.61. The van der Waals surface area contributed by atoms with Crippen LogP contribution >= 0.6 is 0 Å². The fourth-order valence-corrected chi connectivity index (χ4v) is 1.85. The normalized spacial score (nSPS) is 18.1. The Hall–Kier alpha value is -2.31. The van der Waals surface area contributed by atoms with Gasteiger partial charge in [0.05, 0.1) is 0 Å². The van der Waals surface area contributed by atoms with Gasteiger partial charge in [0.2, 0.25) is 0 Å². The summed E-state index contributed by atoms with van der Waals surface area (Å²) < 4.78 is 1.60. The van der Waals surface area contributed by atoms with E-state index >= 15 is 0 Å². The molecule has 0 saturated carbocycles. The van der Waals surface area contributed by atoms with Crippen LogP contribution in [0.15, 0.2) is 29.2 Å². The first-order valence-corrected chi connectivity index (χ1v) is 5.24. The van der Waals surface area contributed by atoms with Crippen LogP contribution in [0, 0.1) is 6.92 Å². The van der Waals surface area contributed by atoms with Crippen LogP contribution in [0.3, 0.4) is 0 Å². The van der Waals surface area contributed by atoms with Crippen LogP contribution in [-0.4, -0.2) is 29.8 Å². The van der Waals surface area contributed by atoms with Crippen LogP contribution in [0.25, 0.3) is 0 Å². The monoisotopic (exact) mass is 230 g/mol. The largest absolute Gasteiger partial charge is 0.291 e. The van der Waals surface area contributed by atoms with Crippen LogP contribution in [0.1, 0.15) is 17.7 Å². The van der Waals surface area contributed by atoms with Gasteiger partial charge in [-0.2, -0.15) is 0 Å². The number of tetrazole rings is 1. The molecular formula is C10H10N6O. The predicted octanol–water partition coefficient (Wildman–Crippen LogP) is -0.303. The van der Waals surface area contributed by atoms with Gasteiger partial charge in [-0.05, 0) is 12.1 Å². The van der Waals surface area contributed by atoms with Crippen molar-refractivity contribution in [3.63, 3.8) is 0 Å². The van der Waals surface area contributed by atoms with E-state index in [2.05, 4.69) is 20.4 Å². The van der Waals surface area contributed by atoms with E-state index in [4.69, 9.17) is 0 Å². The van der Waals surface area contributed by atoms with Crippen LogP contribution in [0.5, 0.6) is 0 Å². The quantitative estimate of drug-likeness (QED) is 0.628. The van der Waals surface area contributed by atoms with Gasteiger partial charge >= 0.3 is 0 Å². The Balaban J connectivity index is 2.15. The summed E-state index contributed by atoms with van der Waals surface area (Å²) in [5, 5.41) is 11.9. The van der Waals surface area contributed by atoms with E-state index in [9.17, 15) is 4.79 Å². The molecule has 0 spiro atoms. The van der Waals surface area contributed by atoms with E-state index in [1.54, 1.807) is 11.5 Å². The first-order valence-electron chi connectivity index (χ1n) is 5.24. The maximum atomic E-state index is 11.7. The van der Waals surface area contributed by atoms with E-state index in [1.807, 2.05) is 12.2 Å². The first kappa shape index (κ1) is 9.88. The molecule has 1 atom stereocenters. The lowest BCUT2D eigenvalue weighted by atomic mass is 10.2. The molecule has 0 bridgehead atoms. The van der Waals surface area contributed by atoms with Crippen molar-refractivity contribution in [3.8, 4) is 0 Å². The maximum Gasteiger partial charge on any atom is 0.253 e. The van der Waals surface area contributed by atoms with Crippen LogP contribution < -0.4 is 5.56 Å². The zero-order chi connectivity index (χ0) is 11.8. The molecule has 3 heterocycles. The average Bonchev–Trinajstić information content (AvgIpc) is 2.76. The minimum absolute atomic E-state index is 0.0683. The van der Waals surface area contributed by atoms with E-state index in [-0.39, 0.29) is 11.6 Å². The lowest BCUT2D eigenvalue weighted by molar-refractivity contribution is 0.458. The molecule has 2 aromatic heterocycles. The van der Waals surface area contributed by atoms with E-state index in [1.165, 1.54) is 17.1 Å². The lowest BCUT2D eigenvalue weighted by Crippen LogP contribution is -2.30. The summed E-state index contributed by atoms with van der Waals surface area (Å²) in [6, 6.07) is 1.18. The topological polar surface area (TPSA) is 78.5 Å². The maximum absolute atomic E-state index is 11.7. The highest BCUT2D eigenvalue weighted by Gasteiger charge is 2.21. The third-order valence-corrected chi connectivity index (χ3v) is 2.61. The summed E-state index contributed by atoms with van der Waals surface area (Å²) in [7, 11) is 0. The summed E-state index contributed by atoms with van der Waals surface area (Å²) >= 11 is 0. The molecule has 0 saturated heterocycles. The highest BCUT2D eigenvalue weighted by molar-refractivity contribution is 5.13. The Labute approximate surface area is 96.4 Å². The van der Waals surface area contributed by atoms with Crippen LogP contribution in [-0.2, 0) is 6.54 Å². The van der Waals surface area contributed by atoms with Crippen molar-refractivity contribution >= 4 is 0 Å². The predicted molar refractivity (Wildman–Crippen MR) is 58.3 cm³/mol. The smallest absolute Gasteiger partial charge is 0.253 e. The second-order valence-corrected chi connectivity index (χ2v) is 3.78. The molecule has 0 amide bonds. The van der Waals surface area contributed by atoms with Crippen LogP contribution in [0.2, 0.25) is 0 Å². The van der Waals surface area contributed by atoms with Gasteiger partial charge in [0.25, 0.3) is 5.56 Å². The van der Waals surface area contributed by atoms with E-state index in [0.29, 0.717) is 18.2 Å². The Bertz CT molecular complexity index is 640. The number of hydrogen-bond donors (Lipinski definition) is 0. The van der Waals surface area contributed by atoms with Crippen molar-refractivity contribution in [2.75, 3.05) is 0 Å². The van der Waals surface area contributed by atoms with Crippen molar-refractivity contribution in [2.45, 2.75) is 19.5 Å². The fourth-order valence-electron chi connectivity index (χ4n) is 1.85. The molecule has 0 fully saturated rings. The summed E-state index contributed by atoms with van der Waals surface area (Å²) in [6.07, 6.45) is 5.33. The Morgan fingerprint density at radius 1 is 1.47 bits per heavy atom. The molecule has 1 unspecified atom stereocenters. The summed E-state index contributed by atoms with van der Waals surface area (Å²) in [4.78, 5) is 17.4. The number of hydrogen-bond acceptors (Lipinski definition) is 5. The molecule has 0 N–H and O–H groups in total. The number of allylic oxidation sites excluding steroid dienone is 2. The van der Waals surface area contributed by atoms with Crippen LogP contribution in [0.4, 0.5) is 0 Å². The van der Waals surface area contributed by atoms with Gasteiger partial charge in [-0.1, -0.05) is 12.2 Å². The number of fused-ring (bicyclic) bond motifs is 1. The van der Waals surface area contributed by atoms with E-state index in [0.717, 1.165) is 0 Å². The Morgan fingerprint density at radius 2 is 2.35 bits per heavy atom. The standard InChI is InChI=1S/C10H10N6O/c1-7-12-14-16(13-7)8-3-2-6-15-9(17)4-5-11-10(8)15/h2-5,8H,6H2,1H3. The number of rotatable bonds is 1. The van der Waals surface area contributed by atoms with Gasteiger partial charge in [-0.3, -0.25) is 9.36 Å². The zero-order valence-corrected chi connectivity index (χ0v) is 9.19. The first-order chi connectivity index (χ1) is 8.25. The van der Waals surface area contributed by atoms with Crippen molar-refractivity contribution in [1.82, 2.24) is 29.8 Å². The minimum Gasteiger partial charge on any atom is -0.291 e. The molecule has 7 heteroatoms. The molecule has 3 rings (SSSR count). The second kappa shape index (κ2) is 3.62. The SMILES string of the molecule is Cc1nnn(C2C=CCn3c2nccc3=O)n1. The third kappa shape index (κ3) is 1.55. The lowest BCUT2D eigenvalue weighted by Gasteiger charge is -2.19. The number of nitrogens with zero attached hydrogens (tertiary/aromatic N) is 6. The highest BCUT2D eigenvalue weighted by Crippen LogP contribution is 2.18. The molecule has 0 aromatic carbocycles. The Morgan fingerprint density at radius 3 is 3.12 bits per heavy atom. The zero-order valence-electron chi connectivity index (χ0n) is 9.19. The molecule has 2 aromatic rings.